The van der Waals surface area contributed by atoms with E-state index < -0.39 is 11.6 Å². The predicted octanol–water partition coefficient (Wildman–Crippen LogP) is 4.10. The summed E-state index contributed by atoms with van der Waals surface area (Å²) in [4.78, 5) is 42.8. The lowest BCUT2D eigenvalue weighted by atomic mass is 9.83. The van der Waals surface area contributed by atoms with Crippen molar-refractivity contribution in [1.29, 1.82) is 0 Å². The summed E-state index contributed by atoms with van der Waals surface area (Å²) in [5.74, 6) is -0.578. The molecule has 2 atom stereocenters. The molecular formula is C26H33N3O3. The average Bonchev–Trinajstić information content (AvgIpc) is 3.05. The first-order valence-electron chi connectivity index (χ1n) is 11.5. The van der Waals surface area contributed by atoms with Gasteiger partial charge in [-0.3, -0.25) is 14.5 Å². The van der Waals surface area contributed by atoms with E-state index in [1.165, 1.54) is 0 Å². The smallest absolute Gasteiger partial charge is 0.325 e. The van der Waals surface area contributed by atoms with Gasteiger partial charge in [-0.2, -0.15) is 0 Å². The molecule has 1 aliphatic heterocycles. The van der Waals surface area contributed by atoms with Gasteiger partial charge in [-0.25, -0.2) is 4.79 Å². The van der Waals surface area contributed by atoms with Gasteiger partial charge in [0.15, 0.2) is 5.54 Å². The zero-order valence-corrected chi connectivity index (χ0v) is 19.2. The molecule has 6 nitrogen and oxygen atoms in total. The molecule has 0 spiro atoms. The molecule has 2 aromatic rings. The Bertz CT molecular complexity index is 932. The zero-order chi connectivity index (χ0) is 23.1. The van der Waals surface area contributed by atoms with Crippen molar-refractivity contribution in [2.75, 3.05) is 13.1 Å². The SMILES string of the molecule is CCCCN(C(=O)CN1C(=O)N[C@](Cc2ccccc2)(c2ccccc2)C1=O)[C@H](C)CC. The summed E-state index contributed by atoms with van der Waals surface area (Å²) < 4.78 is 0. The van der Waals surface area contributed by atoms with Gasteiger partial charge in [0.2, 0.25) is 5.91 Å². The Kier molecular flexibility index (Phi) is 7.67. The Morgan fingerprint density at radius 1 is 1.03 bits per heavy atom. The molecule has 1 N–H and O–H groups in total. The number of rotatable bonds is 10. The number of carbonyl (C=O) groups is 3. The second kappa shape index (κ2) is 10.4. The van der Waals surface area contributed by atoms with Crippen LogP contribution in [-0.4, -0.2) is 46.8 Å². The maximum atomic E-state index is 13.7. The van der Waals surface area contributed by atoms with Crippen molar-refractivity contribution in [3.63, 3.8) is 0 Å². The van der Waals surface area contributed by atoms with Crippen molar-refractivity contribution in [2.45, 2.75) is 58.0 Å². The van der Waals surface area contributed by atoms with Gasteiger partial charge >= 0.3 is 6.03 Å². The summed E-state index contributed by atoms with van der Waals surface area (Å²) in [5.41, 5.74) is 0.411. The first-order valence-corrected chi connectivity index (χ1v) is 11.5. The molecule has 0 unspecified atom stereocenters. The summed E-state index contributed by atoms with van der Waals surface area (Å²) in [5, 5.41) is 2.93. The summed E-state index contributed by atoms with van der Waals surface area (Å²) in [6, 6.07) is 18.4. The molecule has 1 fully saturated rings. The number of hydrogen-bond donors (Lipinski definition) is 1. The normalized spacial score (nSPS) is 19.0. The molecule has 0 bridgehead atoms. The van der Waals surface area contributed by atoms with Crippen LogP contribution in [0.15, 0.2) is 60.7 Å². The molecule has 0 aliphatic carbocycles. The van der Waals surface area contributed by atoms with Gasteiger partial charge in [-0.05, 0) is 30.9 Å². The number of amides is 4. The van der Waals surface area contributed by atoms with Crippen LogP contribution >= 0.6 is 0 Å². The molecule has 1 heterocycles. The predicted molar refractivity (Wildman–Crippen MR) is 125 cm³/mol. The van der Waals surface area contributed by atoms with Crippen molar-refractivity contribution in [3.05, 3.63) is 71.8 Å². The highest BCUT2D eigenvalue weighted by Crippen LogP contribution is 2.33. The lowest BCUT2D eigenvalue weighted by Crippen LogP contribution is -2.48. The van der Waals surface area contributed by atoms with Gasteiger partial charge in [0.1, 0.15) is 6.54 Å². The van der Waals surface area contributed by atoms with E-state index in [9.17, 15) is 14.4 Å². The molecule has 1 saturated heterocycles. The second-order valence-corrected chi connectivity index (χ2v) is 8.45. The number of urea groups is 1. The molecule has 1 aliphatic rings. The Morgan fingerprint density at radius 3 is 2.25 bits per heavy atom. The van der Waals surface area contributed by atoms with Crippen LogP contribution in [0.2, 0.25) is 0 Å². The Labute approximate surface area is 190 Å². The third kappa shape index (κ3) is 4.85. The molecule has 4 amide bonds. The summed E-state index contributed by atoms with van der Waals surface area (Å²) in [7, 11) is 0. The number of hydrogen-bond acceptors (Lipinski definition) is 3. The van der Waals surface area contributed by atoms with Crippen molar-refractivity contribution >= 4 is 17.8 Å². The van der Waals surface area contributed by atoms with E-state index in [0.717, 1.165) is 29.7 Å². The molecule has 3 rings (SSSR count). The van der Waals surface area contributed by atoms with Gasteiger partial charge in [0.05, 0.1) is 0 Å². The quantitative estimate of drug-likeness (QED) is 0.571. The maximum absolute atomic E-state index is 13.7. The maximum Gasteiger partial charge on any atom is 0.325 e. The van der Waals surface area contributed by atoms with Crippen molar-refractivity contribution in [3.8, 4) is 0 Å². The number of unbranched alkanes of at least 4 members (excludes halogenated alkanes) is 1. The fourth-order valence-corrected chi connectivity index (χ4v) is 4.18. The summed E-state index contributed by atoms with van der Waals surface area (Å²) in [6.07, 6.45) is 2.99. The van der Waals surface area contributed by atoms with Crippen molar-refractivity contribution in [2.24, 2.45) is 0 Å². The minimum Gasteiger partial charge on any atom is -0.338 e. The average molecular weight is 436 g/mol. The monoisotopic (exact) mass is 435 g/mol. The fraction of sp³-hybridized carbons (Fsp3) is 0.423. The van der Waals surface area contributed by atoms with E-state index in [1.54, 1.807) is 4.90 Å². The van der Waals surface area contributed by atoms with Crippen LogP contribution in [0.3, 0.4) is 0 Å². The fourth-order valence-electron chi connectivity index (χ4n) is 4.18. The van der Waals surface area contributed by atoms with E-state index >= 15 is 0 Å². The topological polar surface area (TPSA) is 69.7 Å². The minimum absolute atomic E-state index is 0.0537. The van der Waals surface area contributed by atoms with E-state index in [-0.39, 0.29) is 24.4 Å². The van der Waals surface area contributed by atoms with Gasteiger partial charge in [0, 0.05) is 19.0 Å². The molecule has 2 aromatic carbocycles. The van der Waals surface area contributed by atoms with Crippen LogP contribution in [0, 0.1) is 0 Å². The standard InChI is InChI=1S/C26H33N3O3/c1-4-6-17-28(20(3)5-2)23(30)19-29-24(31)26(27-25(29)32,22-15-11-8-12-16-22)18-21-13-9-7-10-14-21/h7-16,20H,4-6,17-19H2,1-3H3,(H,27,32)/t20-,26-/m1/s1. The van der Waals surface area contributed by atoms with E-state index in [4.69, 9.17) is 0 Å². The molecule has 0 saturated carbocycles. The van der Waals surface area contributed by atoms with Gasteiger partial charge in [-0.15, -0.1) is 0 Å². The van der Waals surface area contributed by atoms with Crippen LogP contribution in [0.4, 0.5) is 4.79 Å². The Hall–Kier alpha value is -3.15. The molecule has 32 heavy (non-hydrogen) atoms. The first kappa shape index (κ1) is 23.5. The molecular weight excluding hydrogens is 402 g/mol. The van der Waals surface area contributed by atoms with Crippen LogP contribution in [0.5, 0.6) is 0 Å². The molecule has 0 aromatic heterocycles. The zero-order valence-electron chi connectivity index (χ0n) is 19.2. The number of nitrogens with zero attached hydrogens (tertiary/aromatic N) is 2. The Balaban J connectivity index is 1.90. The third-order valence-corrected chi connectivity index (χ3v) is 6.24. The lowest BCUT2D eigenvalue weighted by Gasteiger charge is -2.30. The van der Waals surface area contributed by atoms with Crippen LogP contribution in [0.25, 0.3) is 0 Å². The first-order chi connectivity index (χ1) is 15.4. The minimum atomic E-state index is -1.23. The van der Waals surface area contributed by atoms with Crippen LogP contribution < -0.4 is 5.32 Å². The van der Waals surface area contributed by atoms with E-state index in [0.29, 0.717) is 18.5 Å². The highest BCUT2D eigenvalue weighted by atomic mass is 16.2. The van der Waals surface area contributed by atoms with Gasteiger partial charge < -0.3 is 10.2 Å². The van der Waals surface area contributed by atoms with Gasteiger partial charge in [0.25, 0.3) is 5.91 Å². The number of carbonyl (C=O) groups excluding carboxylic acids is 3. The van der Waals surface area contributed by atoms with Gasteiger partial charge in [-0.1, -0.05) is 80.9 Å². The van der Waals surface area contributed by atoms with E-state index in [1.807, 2.05) is 74.5 Å². The summed E-state index contributed by atoms with van der Waals surface area (Å²) in [6.45, 7) is 6.49. The number of nitrogens with one attached hydrogen (secondary N) is 1. The van der Waals surface area contributed by atoms with Crippen molar-refractivity contribution < 1.29 is 14.4 Å². The molecule has 6 heteroatoms. The molecule has 170 valence electrons. The highest BCUT2D eigenvalue weighted by molar-refractivity contribution is 6.09. The highest BCUT2D eigenvalue weighted by Gasteiger charge is 2.53. The number of benzene rings is 2. The van der Waals surface area contributed by atoms with Crippen LogP contribution in [-0.2, 0) is 21.5 Å². The number of imide groups is 1. The third-order valence-electron chi connectivity index (χ3n) is 6.24. The second-order valence-electron chi connectivity index (χ2n) is 8.45. The lowest BCUT2D eigenvalue weighted by molar-refractivity contribution is -0.140. The largest absolute Gasteiger partial charge is 0.338 e. The van der Waals surface area contributed by atoms with E-state index in [2.05, 4.69) is 12.2 Å². The summed E-state index contributed by atoms with van der Waals surface area (Å²) >= 11 is 0. The molecule has 0 radical (unpaired) electrons. The van der Waals surface area contributed by atoms with Crippen molar-refractivity contribution in [1.82, 2.24) is 15.1 Å². The Morgan fingerprint density at radius 2 is 1.66 bits per heavy atom. The van der Waals surface area contributed by atoms with Crippen LogP contribution in [0.1, 0.15) is 51.2 Å².